The van der Waals surface area contributed by atoms with Crippen LogP contribution in [-0.4, -0.2) is 38.2 Å². The number of nitrogens with one attached hydrogen (secondary N) is 1. The van der Waals surface area contributed by atoms with Gasteiger partial charge in [-0.15, -0.1) is 0 Å². The molecule has 0 aliphatic heterocycles. The van der Waals surface area contributed by atoms with Crippen molar-refractivity contribution in [2.24, 2.45) is 23.7 Å². The number of methoxy groups -OCH3 is 1. The highest BCUT2D eigenvalue weighted by Crippen LogP contribution is 2.50. The quantitative estimate of drug-likeness (QED) is 0.659. The van der Waals surface area contributed by atoms with Gasteiger partial charge in [0, 0.05) is 0 Å². The fourth-order valence-corrected chi connectivity index (χ4v) is 5.31. The van der Waals surface area contributed by atoms with Gasteiger partial charge in [-0.1, -0.05) is 0 Å². The maximum Gasteiger partial charge on any atom is 0.309 e. The highest BCUT2D eigenvalue weighted by atomic mass is 19.1. The third-order valence-corrected chi connectivity index (χ3v) is 6.71. The Hall–Kier alpha value is -2.97. The van der Waals surface area contributed by atoms with E-state index in [4.69, 9.17) is 4.74 Å². The van der Waals surface area contributed by atoms with Crippen molar-refractivity contribution < 1.29 is 18.3 Å². The van der Waals surface area contributed by atoms with E-state index in [9.17, 15) is 13.6 Å². The van der Waals surface area contributed by atoms with Gasteiger partial charge < -0.3 is 4.74 Å². The molecular weight excluding hydrogens is 392 g/mol. The first-order chi connectivity index (χ1) is 14.5. The number of esters is 1. The number of ether oxygens (including phenoxy) is 1. The largest absolute Gasteiger partial charge is 0.469 e. The monoisotopic (exact) mass is 413 g/mol. The molecule has 2 atom stereocenters. The standard InChI is InChI=1S/C21H21F2N5O2/c1-30-21(29)17-11-4-2-10(3-5-11)13(17)7-16-15(23)9-25-20(26-16)18-14-6-12(22)8-24-19(14)28-27-18/h6,8-11,13,17H,2-5,7H2,1H3,(H,24,27,28)/t10?,11?,13?,17-/m0/s1. The normalized spacial score (nSPS) is 25.6. The molecule has 0 aromatic carbocycles. The summed E-state index contributed by atoms with van der Waals surface area (Å²) in [4.78, 5) is 24.9. The fraction of sp³-hybridized carbons (Fsp3) is 0.476. The maximum atomic E-state index is 14.7. The van der Waals surface area contributed by atoms with Crippen molar-refractivity contribution in [2.45, 2.75) is 32.1 Å². The van der Waals surface area contributed by atoms with Crippen molar-refractivity contribution >= 4 is 17.0 Å². The fourth-order valence-electron chi connectivity index (χ4n) is 5.31. The minimum atomic E-state index is -0.517. The third kappa shape index (κ3) is 3.12. The number of carbonyl (C=O) groups is 1. The van der Waals surface area contributed by atoms with Crippen LogP contribution < -0.4 is 0 Å². The maximum absolute atomic E-state index is 14.7. The van der Waals surface area contributed by atoms with E-state index in [1.165, 1.54) is 13.2 Å². The molecule has 7 nitrogen and oxygen atoms in total. The highest BCUT2D eigenvalue weighted by molar-refractivity contribution is 5.88. The average molecular weight is 413 g/mol. The van der Waals surface area contributed by atoms with E-state index in [0.717, 1.165) is 38.1 Å². The summed E-state index contributed by atoms with van der Waals surface area (Å²) in [5.74, 6) is -0.636. The molecule has 3 aromatic rings. The lowest BCUT2D eigenvalue weighted by Gasteiger charge is -2.47. The average Bonchev–Trinajstić information content (AvgIpc) is 3.18. The number of H-pyrrole nitrogens is 1. The Morgan fingerprint density at radius 3 is 2.70 bits per heavy atom. The van der Waals surface area contributed by atoms with Crippen LogP contribution in [0.15, 0.2) is 18.5 Å². The molecule has 0 radical (unpaired) electrons. The van der Waals surface area contributed by atoms with Gasteiger partial charge in [0.05, 0.1) is 36.5 Å². The molecule has 3 saturated carbocycles. The molecule has 3 aliphatic carbocycles. The minimum Gasteiger partial charge on any atom is -0.469 e. The molecule has 9 heteroatoms. The van der Waals surface area contributed by atoms with Crippen molar-refractivity contribution in [3.63, 3.8) is 0 Å². The van der Waals surface area contributed by atoms with Crippen LogP contribution in [0.4, 0.5) is 8.78 Å². The van der Waals surface area contributed by atoms with Gasteiger partial charge >= 0.3 is 5.97 Å². The Bertz CT molecular complexity index is 1110. The molecule has 0 saturated heterocycles. The van der Waals surface area contributed by atoms with E-state index in [2.05, 4.69) is 25.1 Å². The zero-order valence-electron chi connectivity index (χ0n) is 16.4. The minimum absolute atomic E-state index is 0.0141. The first-order valence-electron chi connectivity index (χ1n) is 10.1. The number of aromatic amines is 1. The van der Waals surface area contributed by atoms with Crippen molar-refractivity contribution in [2.75, 3.05) is 7.11 Å². The number of nitrogens with zero attached hydrogens (tertiary/aromatic N) is 4. The lowest BCUT2D eigenvalue weighted by molar-refractivity contribution is -0.156. The molecular formula is C21H21F2N5O2. The summed E-state index contributed by atoms with van der Waals surface area (Å²) in [5.41, 5.74) is 0.961. The predicted octanol–water partition coefficient (Wildman–Crippen LogP) is 3.46. The lowest BCUT2D eigenvalue weighted by Crippen LogP contribution is -2.45. The third-order valence-electron chi connectivity index (χ3n) is 6.71. The van der Waals surface area contributed by atoms with Crippen molar-refractivity contribution in [3.05, 3.63) is 35.8 Å². The molecule has 30 heavy (non-hydrogen) atoms. The van der Waals surface area contributed by atoms with E-state index in [-0.39, 0.29) is 35.2 Å². The van der Waals surface area contributed by atoms with Gasteiger partial charge in [0.25, 0.3) is 0 Å². The molecule has 0 spiro atoms. The van der Waals surface area contributed by atoms with E-state index < -0.39 is 11.6 Å². The van der Waals surface area contributed by atoms with Crippen LogP contribution >= 0.6 is 0 Å². The Morgan fingerprint density at radius 2 is 1.93 bits per heavy atom. The number of aromatic nitrogens is 5. The summed E-state index contributed by atoms with van der Waals surface area (Å²) in [6, 6.07) is 1.29. The molecule has 3 heterocycles. The number of rotatable bonds is 4. The number of halogens is 2. The number of hydrogen-bond donors (Lipinski definition) is 1. The zero-order chi connectivity index (χ0) is 20.8. The Labute approximate surface area is 171 Å². The van der Waals surface area contributed by atoms with E-state index >= 15 is 0 Å². The molecule has 1 N–H and O–H groups in total. The molecule has 3 aliphatic rings. The molecule has 3 aromatic heterocycles. The van der Waals surface area contributed by atoms with Gasteiger partial charge in [0.2, 0.25) is 0 Å². The molecule has 156 valence electrons. The van der Waals surface area contributed by atoms with Crippen LogP contribution in [0.3, 0.4) is 0 Å². The molecule has 3 fully saturated rings. The predicted molar refractivity (Wildman–Crippen MR) is 103 cm³/mol. The summed E-state index contributed by atoms with van der Waals surface area (Å²) in [6.45, 7) is 0. The first-order valence-corrected chi connectivity index (χ1v) is 10.1. The summed E-state index contributed by atoms with van der Waals surface area (Å²) in [6.07, 6.45) is 6.63. The molecule has 0 amide bonds. The molecule has 2 bridgehead atoms. The SMILES string of the molecule is COC(=O)[C@H]1C2CCC(CC2)C1Cc1nc(-c2[nH]nc3ncc(F)cc23)ncc1F. The second kappa shape index (κ2) is 7.37. The van der Waals surface area contributed by atoms with Gasteiger partial charge in [-0.2, -0.15) is 5.10 Å². The number of fused-ring (bicyclic) bond motifs is 4. The van der Waals surface area contributed by atoms with Gasteiger partial charge in [-0.25, -0.2) is 23.7 Å². The van der Waals surface area contributed by atoms with Crippen LogP contribution in [0, 0.1) is 35.3 Å². The molecule has 6 rings (SSSR count). The number of carbonyl (C=O) groups excluding carboxylic acids is 1. The summed E-state index contributed by atoms with van der Waals surface area (Å²) < 4.78 is 33.4. The Balaban J connectivity index is 1.50. The Morgan fingerprint density at radius 1 is 1.17 bits per heavy atom. The van der Waals surface area contributed by atoms with Gasteiger partial charge in [0.15, 0.2) is 17.3 Å². The van der Waals surface area contributed by atoms with Crippen LogP contribution in [0.2, 0.25) is 0 Å². The van der Waals surface area contributed by atoms with E-state index in [0.29, 0.717) is 29.1 Å². The van der Waals surface area contributed by atoms with E-state index in [1.54, 1.807) is 0 Å². The number of hydrogen-bond acceptors (Lipinski definition) is 6. The summed E-state index contributed by atoms with van der Waals surface area (Å²) in [7, 11) is 1.40. The zero-order valence-corrected chi connectivity index (χ0v) is 16.4. The van der Waals surface area contributed by atoms with Gasteiger partial charge in [-0.3, -0.25) is 9.89 Å². The first kappa shape index (κ1) is 19.0. The van der Waals surface area contributed by atoms with Crippen LogP contribution in [0.1, 0.15) is 31.4 Å². The van der Waals surface area contributed by atoms with Crippen molar-refractivity contribution in [1.29, 1.82) is 0 Å². The van der Waals surface area contributed by atoms with Gasteiger partial charge in [0.1, 0.15) is 11.5 Å². The second-order valence-electron chi connectivity index (χ2n) is 8.20. The topological polar surface area (TPSA) is 93.7 Å². The highest BCUT2D eigenvalue weighted by Gasteiger charge is 2.47. The second-order valence-corrected chi connectivity index (χ2v) is 8.20. The summed E-state index contributed by atoms with van der Waals surface area (Å²) >= 11 is 0. The van der Waals surface area contributed by atoms with Crippen LogP contribution in [-0.2, 0) is 16.0 Å². The summed E-state index contributed by atoms with van der Waals surface area (Å²) in [5, 5.41) is 7.24. The van der Waals surface area contributed by atoms with Crippen molar-refractivity contribution in [1.82, 2.24) is 25.1 Å². The van der Waals surface area contributed by atoms with Gasteiger partial charge in [-0.05, 0) is 55.9 Å². The van der Waals surface area contributed by atoms with E-state index in [1.807, 2.05) is 0 Å². The van der Waals surface area contributed by atoms with Crippen LogP contribution in [0.25, 0.3) is 22.6 Å². The molecule has 1 unspecified atom stereocenters. The number of pyridine rings is 1. The Kier molecular flexibility index (Phi) is 4.67. The van der Waals surface area contributed by atoms with Crippen molar-refractivity contribution in [3.8, 4) is 11.5 Å². The lowest BCUT2D eigenvalue weighted by atomic mass is 9.57. The smallest absolute Gasteiger partial charge is 0.309 e. The van der Waals surface area contributed by atoms with Crippen LogP contribution in [0.5, 0.6) is 0 Å².